The van der Waals surface area contributed by atoms with E-state index in [0.717, 1.165) is 10.0 Å². The first-order valence-corrected chi connectivity index (χ1v) is 8.85. The Kier molecular flexibility index (Phi) is 5.11. The summed E-state index contributed by atoms with van der Waals surface area (Å²) in [5.74, 6) is 0.178. The highest BCUT2D eigenvalue weighted by Crippen LogP contribution is 2.28. The molecular formula is C17H13BrFN3OS. The summed E-state index contributed by atoms with van der Waals surface area (Å²) in [5.41, 5.74) is 1.37. The fourth-order valence-corrected chi connectivity index (χ4v) is 3.41. The van der Waals surface area contributed by atoms with E-state index in [-0.39, 0.29) is 16.9 Å². The van der Waals surface area contributed by atoms with E-state index in [1.54, 1.807) is 6.92 Å². The van der Waals surface area contributed by atoms with E-state index in [0.29, 0.717) is 16.5 Å². The van der Waals surface area contributed by atoms with Crippen LogP contribution in [0.4, 0.5) is 4.39 Å². The van der Waals surface area contributed by atoms with Gasteiger partial charge in [0, 0.05) is 15.6 Å². The van der Waals surface area contributed by atoms with Gasteiger partial charge in [-0.15, -0.1) is 5.10 Å². The van der Waals surface area contributed by atoms with Crippen molar-refractivity contribution in [2.24, 2.45) is 0 Å². The van der Waals surface area contributed by atoms with Crippen molar-refractivity contribution < 1.29 is 9.18 Å². The Morgan fingerprint density at radius 1 is 1.21 bits per heavy atom. The number of Topliss-reactive ketones (excluding diaryl/α,β-unsaturated/α-hetero) is 1. The number of H-pyrrole nitrogens is 1. The van der Waals surface area contributed by atoms with Gasteiger partial charge in [0.2, 0.25) is 5.16 Å². The Morgan fingerprint density at radius 2 is 1.92 bits per heavy atom. The number of rotatable bonds is 5. The van der Waals surface area contributed by atoms with E-state index in [1.165, 1.54) is 36.0 Å². The molecule has 0 bridgehead atoms. The van der Waals surface area contributed by atoms with Crippen LogP contribution >= 0.6 is 27.7 Å². The van der Waals surface area contributed by atoms with Crippen LogP contribution in [-0.4, -0.2) is 26.2 Å². The van der Waals surface area contributed by atoms with Gasteiger partial charge < -0.3 is 0 Å². The zero-order valence-electron chi connectivity index (χ0n) is 12.7. The van der Waals surface area contributed by atoms with Crippen LogP contribution in [0.25, 0.3) is 11.4 Å². The van der Waals surface area contributed by atoms with Crippen LogP contribution in [0.1, 0.15) is 17.3 Å². The number of aromatic amines is 1. The van der Waals surface area contributed by atoms with E-state index < -0.39 is 0 Å². The standard InChI is InChI=1S/C17H13BrFN3OS/c1-10(15(23)11-6-8-12(19)9-7-11)24-17-20-16(21-22-17)13-4-2-3-5-14(13)18/h2-10H,1H3,(H,20,21,22)/t10-/m0/s1. The molecule has 0 fully saturated rings. The number of hydrogen-bond acceptors (Lipinski definition) is 4. The quantitative estimate of drug-likeness (QED) is 0.491. The molecule has 0 aliphatic heterocycles. The molecule has 0 saturated heterocycles. The number of aromatic nitrogens is 3. The second-order valence-electron chi connectivity index (χ2n) is 5.08. The van der Waals surface area contributed by atoms with Crippen molar-refractivity contribution in [2.45, 2.75) is 17.3 Å². The van der Waals surface area contributed by atoms with Gasteiger partial charge in [-0.05, 0) is 37.3 Å². The van der Waals surface area contributed by atoms with Crippen molar-refractivity contribution in [3.63, 3.8) is 0 Å². The molecule has 1 N–H and O–H groups in total. The summed E-state index contributed by atoms with van der Waals surface area (Å²) in [4.78, 5) is 16.8. The summed E-state index contributed by atoms with van der Waals surface area (Å²) in [6, 6.07) is 13.2. The molecule has 0 unspecified atom stereocenters. The van der Waals surface area contributed by atoms with E-state index in [9.17, 15) is 9.18 Å². The zero-order chi connectivity index (χ0) is 17.1. The monoisotopic (exact) mass is 405 g/mol. The van der Waals surface area contributed by atoms with Crippen molar-refractivity contribution in [1.29, 1.82) is 0 Å². The molecule has 0 aliphatic rings. The van der Waals surface area contributed by atoms with Gasteiger partial charge in [0.15, 0.2) is 11.6 Å². The maximum atomic E-state index is 13.0. The molecule has 1 atom stereocenters. The first kappa shape index (κ1) is 16.9. The van der Waals surface area contributed by atoms with E-state index >= 15 is 0 Å². The Bertz CT molecular complexity index is 866. The van der Waals surface area contributed by atoms with Crippen molar-refractivity contribution in [3.8, 4) is 11.4 Å². The lowest BCUT2D eigenvalue weighted by Crippen LogP contribution is -2.13. The summed E-state index contributed by atoms with van der Waals surface area (Å²) in [5, 5.41) is 7.15. The maximum absolute atomic E-state index is 13.0. The van der Waals surface area contributed by atoms with Gasteiger partial charge in [-0.3, -0.25) is 9.89 Å². The highest BCUT2D eigenvalue weighted by Gasteiger charge is 2.19. The molecule has 122 valence electrons. The minimum absolute atomic E-state index is 0.0905. The minimum Gasteiger partial charge on any atom is -0.293 e. The van der Waals surface area contributed by atoms with Gasteiger partial charge in [0.05, 0.1) is 5.25 Å². The average molecular weight is 406 g/mol. The first-order chi connectivity index (χ1) is 11.5. The first-order valence-electron chi connectivity index (χ1n) is 7.18. The highest BCUT2D eigenvalue weighted by molar-refractivity contribution is 9.10. The topological polar surface area (TPSA) is 58.6 Å². The molecule has 4 nitrogen and oxygen atoms in total. The number of ketones is 1. The summed E-state index contributed by atoms with van der Waals surface area (Å²) in [7, 11) is 0. The van der Waals surface area contributed by atoms with Gasteiger partial charge in [-0.2, -0.15) is 0 Å². The molecule has 7 heteroatoms. The van der Waals surface area contributed by atoms with Crippen LogP contribution in [0.5, 0.6) is 0 Å². The van der Waals surface area contributed by atoms with Crippen LogP contribution in [0.2, 0.25) is 0 Å². The Balaban J connectivity index is 1.73. The molecule has 0 radical (unpaired) electrons. The second-order valence-corrected chi connectivity index (χ2v) is 7.24. The number of thioether (sulfide) groups is 1. The van der Waals surface area contributed by atoms with Crippen molar-refractivity contribution in [2.75, 3.05) is 0 Å². The summed E-state index contributed by atoms with van der Waals surface area (Å²) in [6.07, 6.45) is 0. The molecule has 1 aromatic heterocycles. The van der Waals surface area contributed by atoms with Crippen LogP contribution in [0.15, 0.2) is 58.2 Å². The molecule has 2 aromatic carbocycles. The third-order valence-electron chi connectivity index (χ3n) is 3.37. The molecule has 24 heavy (non-hydrogen) atoms. The summed E-state index contributed by atoms with van der Waals surface area (Å²) >= 11 is 4.73. The molecule has 0 spiro atoms. The predicted molar refractivity (Wildman–Crippen MR) is 95.6 cm³/mol. The maximum Gasteiger partial charge on any atom is 0.209 e. The lowest BCUT2D eigenvalue weighted by molar-refractivity contribution is 0.0994. The highest BCUT2D eigenvalue weighted by atomic mass is 79.9. The molecule has 1 heterocycles. The largest absolute Gasteiger partial charge is 0.293 e. The Labute approximate surface area is 151 Å². The Morgan fingerprint density at radius 3 is 2.62 bits per heavy atom. The SMILES string of the molecule is C[C@H](Sc1n[nH]c(-c2ccccc2Br)n1)C(=O)c1ccc(F)cc1. The van der Waals surface area contributed by atoms with Crippen LogP contribution in [0.3, 0.4) is 0 Å². The zero-order valence-corrected chi connectivity index (χ0v) is 15.1. The van der Waals surface area contributed by atoms with E-state index in [2.05, 4.69) is 31.1 Å². The molecule has 0 saturated carbocycles. The third kappa shape index (κ3) is 3.73. The van der Waals surface area contributed by atoms with Crippen molar-refractivity contribution in [1.82, 2.24) is 15.2 Å². The lowest BCUT2D eigenvalue weighted by Gasteiger charge is -2.07. The van der Waals surface area contributed by atoms with Crippen LogP contribution in [0, 0.1) is 5.82 Å². The number of halogens is 2. The number of hydrogen-bond donors (Lipinski definition) is 1. The van der Waals surface area contributed by atoms with Crippen LogP contribution in [-0.2, 0) is 0 Å². The molecule has 0 amide bonds. The fraction of sp³-hybridized carbons (Fsp3) is 0.118. The summed E-state index contributed by atoms with van der Waals surface area (Å²) < 4.78 is 13.9. The molecule has 0 aliphatic carbocycles. The number of carbonyl (C=O) groups is 1. The van der Waals surface area contributed by atoms with Crippen molar-refractivity contribution >= 4 is 33.5 Å². The third-order valence-corrected chi connectivity index (χ3v) is 5.03. The minimum atomic E-state index is -0.377. The smallest absolute Gasteiger partial charge is 0.209 e. The fourth-order valence-electron chi connectivity index (χ4n) is 2.13. The molecule has 3 rings (SSSR count). The van der Waals surface area contributed by atoms with Crippen LogP contribution < -0.4 is 0 Å². The van der Waals surface area contributed by atoms with Crippen molar-refractivity contribution in [3.05, 3.63) is 64.4 Å². The molecule has 3 aromatic rings. The van der Waals surface area contributed by atoms with Gasteiger partial charge >= 0.3 is 0 Å². The second kappa shape index (κ2) is 7.27. The number of carbonyl (C=O) groups excluding carboxylic acids is 1. The van der Waals surface area contributed by atoms with E-state index in [1.807, 2.05) is 24.3 Å². The predicted octanol–water partition coefficient (Wildman–Crippen LogP) is 4.74. The normalized spacial score (nSPS) is 12.1. The number of nitrogens with zero attached hydrogens (tertiary/aromatic N) is 2. The lowest BCUT2D eigenvalue weighted by atomic mass is 10.1. The van der Waals surface area contributed by atoms with Gasteiger partial charge in [-0.1, -0.05) is 45.9 Å². The summed E-state index contributed by atoms with van der Waals surface area (Å²) in [6.45, 7) is 1.78. The molecular weight excluding hydrogens is 393 g/mol. The Hall–Kier alpha value is -1.99. The van der Waals surface area contributed by atoms with Gasteiger partial charge in [-0.25, -0.2) is 9.37 Å². The number of benzene rings is 2. The van der Waals surface area contributed by atoms with E-state index in [4.69, 9.17) is 0 Å². The van der Waals surface area contributed by atoms with Gasteiger partial charge in [0.1, 0.15) is 5.82 Å². The average Bonchev–Trinajstić information content (AvgIpc) is 3.03. The van der Waals surface area contributed by atoms with Gasteiger partial charge in [0.25, 0.3) is 0 Å². The number of nitrogens with one attached hydrogen (secondary N) is 1.